The van der Waals surface area contributed by atoms with Crippen LogP contribution in [0.3, 0.4) is 0 Å². The molecule has 1 aromatic heterocycles. The van der Waals surface area contributed by atoms with Crippen molar-refractivity contribution in [3.63, 3.8) is 0 Å². The van der Waals surface area contributed by atoms with E-state index < -0.39 is 7.80 Å². The lowest BCUT2D eigenvalue weighted by atomic mass is 10.3. The number of rotatable bonds is 7. The zero-order valence-corrected chi connectivity index (χ0v) is 17.9. The fraction of sp³-hybridized carbons (Fsp3) is 0.200. The van der Waals surface area contributed by atoms with Gasteiger partial charge >= 0.3 is 7.80 Å². The van der Waals surface area contributed by atoms with Crippen molar-refractivity contribution in [3.8, 4) is 17.4 Å². The van der Waals surface area contributed by atoms with Crippen LogP contribution in [0, 0.1) is 0 Å². The fourth-order valence-electron chi connectivity index (χ4n) is 2.51. The predicted octanol–water partition coefficient (Wildman–Crippen LogP) is 5.12. The lowest BCUT2D eigenvalue weighted by molar-refractivity contribution is 0.417. The summed E-state index contributed by atoms with van der Waals surface area (Å²) in [6.45, 7) is 3.83. The summed E-state index contributed by atoms with van der Waals surface area (Å²) in [6.07, 6.45) is 1.44. The number of ether oxygens (including phenoxy) is 2. The summed E-state index contributed by atoms with van der Waals surface area (Å²) in [5.41, 5.74) is 7.01. The summed E-state index contributed by atoms with van der Waals surface area (Å²) in [5.74, 6) is 1.50. The van der Waals surface area contributed by atoms with Crippen molar-refractivity contribution < 1.29 is 14.0 Å². The molecule has 0 aliphatic carbocycles. The Morgan fingerprint density at radius 2 is 2.00 bits per heavy atom. The van der Waals surface area contributed by atoms with Gasteiger partial charge in [0.15, 0.2) is 11.0 Å². The first-order valence-corrected chi connectivity index (χ1v) is 10.6. The van der Waals surface area contributed by atoms with E-state index in [1.165, 1.54) is 6.20 Å². The van der Waals surface area contributed by atoms with Gasteiger partial charge in [0.25, 0.3) is 0 Å². The molecule has 0 fully saturated rings. The van der Waals surface area contributed by atoms with Crippen molar-refractivity contribution >= 4 is 42.0 Å². The van der Waals surface area contributed by atoms with E-state index in [9.17, 15) is 4.57 Å². The smallest absolute Gasteiger partial charge is 0.379 e. The van der Waals surface area contributed by atoms with Gasteiger partial charge in [-0.1, -0.05) is 22.2 Å². The largest absolute Gasteiger partial charge is 0.494 e. The quantitative estimate of drug-likeness (QED) is 0.395. The minimum atomic E-state index is -1.51. The number of halogens is 1. The second-order valence-electron chi connectivity index (χ2n) is 6.45. The molecule has 1 unspecified atom stereocenters. The maximum Gasteiger partial charge on any atom is 0.379 e. The summed E-state index contributed by atoms with van der Waals surface area (Å²) in [6, 6.07) is 12.3. The highest BCUT2D eigenvalue weighted by atomic mass is 35.5. The Bertz CT molecular complexity index is 1050. The monoisotopic (exact) mass is 431 g/mol. The van der Waals surface area contributed by atoms with Crippen LogP contribution >= 0.6 is 19.4 Å². The van der Waals surface area contributed by atoms with Crippen LogP contribution in [0.1, 0.15) is 13.8 Å². The highest BCUT2D eigenvalue weighted by Gasteiger charge is 2.25. The number of aromatic nitrogens is 2. The van der Waals surface area contributed by atoms with Crippen LogP contribution in [0.25, 0.3) is 0 Å². The van der Waals surface area contributed by atoms with Gasteiger partial charge in [-0.25, -0.2) is 4.98 Å². The maximum atomic E-state index is 12.4. The third kappa shape index (κ3) is 5.13. The Morgan fingerprint density at radius 3 is 2.69 bits per heavy atom. The lowest BCUT2D eigenvalue weighted by Crippen LogP contribution is -2.06. The van der Waals surface area contributed by atoms with Crippen LogP contribution in [0.5, 0.6) is 17.4 Å². The molecule has 0 saturated heterocycles. The fourth-order valence-corrected chi connectivity index (χ4v) is 3.70. The molecule has 0 bridgehead atoms. The minimum absolute atomic E-state index is 0.0415. The molecule has 150 valence electrons. The molecule has 0 spiro atoms. The Hall–Kier alpha value is -2.89. The normalized spacial score (nSPS) is 11.3. The zero-order valence-electron chi connectivity index (χ0n) is 16.2. The van der Waals surface area contributed by atoms with Gasteiger partial charge in [0.2, 0.25) is 11.8 Å². The van der Waals surface area contributed by atoms with Crippen LogP contribution < -0.4 is 25.8 Å². The molecule has 0 amide bonds. The van der Waals surface area contributed by atoms with E-state index in [0.29, 0.717) is 22.9 Å². The summed E-state index contributed by atoms with van der Waals surface area (Å²) in [4.78, 5) is 8.51. The van der Waals surface area contributed by atoms with Gasteiger partial charge in [-0.3, -0.25) is 0 Å². The number of anilines is 3. The van der Waals surface area contributed by atoms with Crippen LogP contribution in [0.2, 0.25) is 5.02 Å². The minimum Gasteiger partial charge on any atom is -0.494 e. The summed E-state index contributed by atoms with van der Waals surface area (Å²) >= 11 is 6.17. The number of nitrogens with two attached hydrogens (primary N) is 1. The third-order valence-electron chi connectivity index (χ3n) is 3.94. The number of nitrogens with one attached hydrogen (secondary N) is 1. The standard InChI is InChI=1S/C20H21ClN4O3P/c1-12(2)29(26)15-7-8-17(18(10-15)27-3)24-20-23-11-16(21)19(25-20)28-14-6-4-5-13(22)9-14/h4-12H,22H2,1-3H3,(H,23,24,25)/q+1. The highest BCUT2D eigenvalue weighted by molar-refractivity contribution is 7.54. The second-order valence-corrected chi connectivity index (χ2v) is 9.06. The number of hydrogen-bond acceptors (Lipinski definition) is 7. The van der Waals surface area contributed by atoms with Gasteiger partial charge in [0.05, 0.1) is 19.0 Å². The van der Waals surface area contributed by atoms with Gasteiger partial charge in [0, 0.05) is 17.8 Å². The molecule has 3 rings (SSSR count). The van der Waals surface area contributed by atoms with Crippen LogP contribution in [0.4, 0.5) is 17.3 Å². The third-order valence-corrected chi connectivity index (χ3v) is 5.92. The summed E-state index contributed by atoms with van der Waals surface area (Å²) in [7, 11) is 0.0399. The molecule has 0 saturated carbocycles. The molecular weight excluding hydrogens is 411 g/mol. The van der Waals surface area contributed by atoms with Gasteiger partial charge in [0.1, 0.15) is 16.5 Å². The first-order chi connectivity index (χ1) is 13.9. The van der Waals surface area contributed by atoms with Crippen molar-refractivity contribution in [2.24, 2.45) is 0 Å². The molecule has 0 aliphatic rings. The van der Waals surface area contributed by atoms with Crippen molar-refractivity contribution in [3.05, 3.63) is 53.7 Å². The predicted molar refractivity (Wildman–Crippen MR) is 117 cm³/mol. The van der Waals surface area contributed by atoms with E-state index in [2.05, 4.69) is 15.3 Å². The van der Waals surface area contributed by atoms with Crippen molar-refractivity contribution in [1.29, 1.82) is 0 Å². The van der Waals surface area contributed by atoms with Crippen molar-refractivity contribution in [2.45, 2.75) is 19.5 Å². The molecule has 0 aliphatic heterocycles. The Kier molecular flexibility index (Phi) is 6.52. The van der Waals surface area contributed by atoms with Crippen LogP contribution in [-0.2, 0) is 4.57 Å². The van der Waals surface area contributed by atoms with E-state index in [4.69, 9.17) is 26.8 Å². The number of nitrogen functional groups attached to an aromatic ring is 1. The summed E-state index contributed by atoms with van der Waals surface area (Å²) in [5, 5.41) is 4.06. The Balaban J connectivity index is 1.86. The molecule has 1 heterocycles. The molecule has 3 aromatic rings. The number of benzene rings is 2. The van der Waals surface area contributed by atoms with E-state index >= 15 is 0 Å². The van der Waals surface area contributed by atoms with E-state index in [-0.39, 0.29) is 22.5 Å². The molecule has 3 N–H and O–H groups in total. The topological polar surface area (TPSA) is 99.4 Å². The van der Waals surface area contributed by atoms with E-state index in [1.807, 2.05) is 13.8 Å². The Labute approximate surface area is 175 Å². The van der Waals surface area contributed by atoms with Gasteiger partial charge in [-0.05, 0) is 38.1 Å². The van der Waals surface area contributed by atoms with Crippen molar-refractivity contribution in [1.82, 2.24) is 9.97 Å². The first-order valence-electron chi connectivity index (χ1n) is 8.84. The van der Waals surface area contributed by atoms with E-state index in [1.54, 1.807) is 49.6 Å². The molecule has 9 heteroatoms. The van der Waals surface area contributed by atoms with Gasteiger partial charge in [-0.15, -0.1) is 0 Å². The average molecular weight is 432 g/mol. The average Bonchev–Trinajstić information content (AvgIpc) is 2.70. The molecule has 29 heavy (non-hydrogen) atoms. The maximum absolute atomic E-state index is 12.4. The number of nitrogens with zero attached hydrogens (tertiary/aromatic N) is 2. The number of methoxy groups -OCH3 is 1. The van der Waals surface area contributed by atoms with Crippen LogP contribution in [-0.4, -0.2) is 22.7 Å². The first kappa shape index (κ1) is 20.8. The number of hydrogen-bond donors (Lipinski definition) is 2. The Morgan fingerprint density at radius 1 is 1.21 bits per heavy atom. The SMILES string of the molecule is COc1cc([P+](=O)C(C)C)ccc1Nc1ncc(Cl)c(Oc2cccc(N)c2)n1. The van der Waals surface area contributed by atoms with Gasteiger partial charge in [-0.2, -0.15) is 4.98 Å². The van der Waals surface area contributed by atoms with Crippen LogP contribution in [0.15, 0.2) is 48.7 Å². The molecular formula is C20H21ClN4O3P+. The lowest BCUT2D eigenvalue weighted by Gasteiger charge is -2.12. The highest BCUT2D eigenvalue weighted by Crippen LogP contribution is 2.33. The van der Waals surface area contributed by atoms with Gasteiger partial charge < -0.3 is 20.5 Å². The zero-order chi connectivity index (χ0) is 21.0. The molecule has 2 aromatic carbocycles. The van der Waals surface area contributed by atoms with Crippen molar-refractivity contribution in [2.75, 3.05) is 18.2 Å². The summed E-state index contributed by atoms with van der Waals surface area (Å²) < 4.78 is 23.5. The molecule has 7 nitrogen and oxygen atoms in total. The second kappa shape index (κ2) is 9.07. The van der Waals surface area contributed by atoms with E-state index in [0.717, 1.165) is 5.30 Å². The molecule has 1 atom stereocenters. The molecule has 0 radical (unpaired) electrons.